The quantitative estimate of drug-likeness (QED) is 0.0108. The molecule has 23 heteroatoms. The highest BCUT2D eigenvalue weighted by Crippen LogP contribution is 2.50. The van der Waals surface area contributed by atoms with E-state index in [1.165, 1.54) is 7.11 Å². The number of nitrogens with zero attached hydrogens (tertiary/aromatic N) is 2. The van der Waals surface area contributed by atoms with Gasteiger partial charge in [0.05, 0.1) is 7.11 Å². The molecule has 0 spiro atoms. The summed E-state index contributed by atoms with van der Waals surface area (Å²) in [5.74, 6) is -1.51. The number of esters is 1. The van der Waals surface area contributed by atoms with Crippen LogP contribution in [-0.4, -0.2) is 135 Å². The third kappa shape index (κ3) is 22.2. The molecule has 0 radical (unpaired) electrons. The van der Waals surface area contributed by atoms with Crippen molar-refractivity contribution in [1.82, 2.24) is 25.8 Å². The molecule has 7 atom stereocenters. The van der Waals surface area contributed by atoms with Crippen LogP contribution in [0.15, 0.2) is 109 Å². The number of carbonyl (C=O) groups is 6. The summed E-state index contributed by atoms with van der Waals surface area (Å²) >= 11 is 0. The summed E-state index contributed by atoms with van der Waals surface area (Å²) in [7, 11) is -8.86. The predicted octanol–water partition coefficient (Wildman–Crippen LogP) is 19.9. The summed E-state index contributed by atoms with van der Waals surface area (Å²) in [5, 5.41) is 17.8. The molecule has 19 nitrogen and oxygen atoms in total. The average molecular weight is 1580 g/mol. The van der Waals surface area contributed by atoms with E-state index in [0.29, 0.717) is 57.2 Å². The fourth-order valence-electron chi connectivity index (χ4n) is 19.3. The Labute approximate surface area is 659 Å². The van der Waals surface area contributed by atoms with Crippen molar-refractivity contribution in [3.8, 4) is 11.5 Å². The standard InChI is InChI=1S/C86H138N6O13Si4/c1-55(2)106(56(3)4,57(5)6)102-72-43-38-67(39-44-72)49-76(89-81(94)79(105-109(64(19)20,65(21)22)66(23)24)50-68-40-45-73(46-41-68)103-107(58(7)8,59(9)10)60(11)12)82(95)92-77-52-74(104-108(61(13)14,62(15)16)63(17)18)47-42-71(77)51-78(92)80(93)88-75(83(96)99-25)37-32-48-91(86(98)101-54-70-35-30-27-31-36-70)84(87)90-85(97)100-53-69-33-28-26-29-34-69/h26-31,33-36,38-41,43-46,55-66,71,74-79H,32,37,42,47-54H2,1-25H3,(H,88,93)(H,89,94)(H2,87,90,97)/t71-,74+,75+,76+,77-,78-,79+/m0/s1. The van der Waals surface area contributed by atoms with Crippen LogP contribution in [0.3, 0.4) is 0 Å². The molecule has 0 unspecified atom stereocenters. The SMILES string of the molecule is COC(=O)[C@@H](CCCN(C(=N)NC(=O)OCc1ccccc1)C(=O)OCc1ccccc1)NC(=O)[C@@H]1C[C@@H]2CC[C@@H](O[Si](C(C)C)(C(C)C)C(C)C)C[C@@H]2N1C(=O)[C@@H](Cc1ccc(O[Si](C(C)C)(C(C)C)C(C)C)cc1)NC(=O)[C@@H](Cc1ccc(O[Si](C(C)C)(C(C)C)C(C)C)cc1)O[Si](C(C)C)(C(C)C)C(C)C. The summed E-state index contributed by atoms with van der Waals surface area (Å²) in [4.78, 5) is 93.1. The predicted molar refractivity (Wildman–Crippen MR) is 448 cm³/mol. The van der Waals surface area contributed by atoms with E-state index in [0.717, 1.165) is 33.9 Å². The van der Waals surface area contributed by atoms with Gasteiger partial charge in [-0.15, -0.1) is 0 Å². The van der Waals surface area contributed by atoms with Gasteiger partial charge in [0.1, 0.15) is 48.9 Å². The van der Waals surface area contributed by atoms with Crippen molar-refractivity contribution in [1.29, 1.82) is 5.41 Å². The Morgan fingerprint density at radius 2 is 0.927 bits per heavy atom. The number of methoxy groups -OCH3 is 1. The Morgan fingerprint density at radius 1 is 0.495 bits per heavy atom. The van der Waals surface area contributed by atoms with Crippen LogP contribution in [0, 0.1) is 11.3 Å². The normalized spacial score (nSPS) is 17.4. The van der Waals surface area contributed by atoms with Crippen LogP contribution in [-0.2, 0) is 68.3 Å². The third-order valence-corrected chi connectivity index (χ3v) is 48.5. The van der Waals surface area contributed by atoms with E-state index in [1.807, 2.05) is 60.7 Å². The van der Waals surface area contributed by atoms with Gasteiger partial charge in [-0.05, 0) is 157 Å². The molecule has 1 aliphatic carbocycles. The van der Waals surface area contributed by atoms with Gasteiger partial charge in [0.15, 0.2) is 0 Å². The van der Waals surface area contributed by atoms with Gasteiger partial charge in [-0.3, -0.25) is 25.1 Å². The zero-order valence-electron chi connectivity index (χ0n) is 70.8. The minimum absolute atomic E-state index is 0.00567. The Hall–Kier alpha value is -6.64. The van der Waals surface area contributed by atoms with Crippen molar-refractivity contribution in [3.05, 3.63) is 131 Å². The molecule has 0 bridgehead atoms. The lowest BCUT2D eigenvalue weighted by molar-refractivity contribution is -0.148. The number of guanidine groups is 1. The lowest BCUT2D eigenvalue weighted by atomic mass is 9.83. The van der Waals surface area contributed by atoms with Crippen molar-refractivity contribution in [2.75, 3.05) is 13.7 Å². The van der Waals surface area contributed by atoms with Crippen LogP contribution in [0.2, 0.25) is 66.5 Å². The first-order valence-electron chi connectivity index (χ1n) is 40.7. The van der Waals surface area contributed by atoms with Crippen molar-refractivity contribution < 1.29 is 60.7 Å². The first kappa shape index (κ1) is 91.2. The highest BCUT2D eigenvalue weighted by atomic mass is 28.4. The number of hydrogen-bond donors (Lipinski definition) is 4. The Balaban J connectivity index is 1.47. The van der Waals surface area contributed by atoms with E-state index in [9.17, 15) is 14.4 Å². The number of rotatable bonds is 38. The van der Waals surface area contributed by atoms with Gasteiger partial charge in [0, 0.05) is 31.5 Å². The molecule has 606 valence electrons. The van der Waals surface area contributed by atoms with Crippen LogP contribution in [0.4, 0.5) is 9.59 Å². The molecule has 1 saturated heterocycles. The highest BCUT2D eigenvalue weighted by molar-refractivity contribution is 6.79. The number of benzene rings is 4. The summed E-state index contributed by atoms with van der Waals surface area (Å²) in [6, 6.07) is 29.9. The molecule has 4 N–H and O–H groups in total. The first-order valence-corrected chi connectivity index (χ1v) is 49.3. The number of nitrogens with one attached hydrogen (secondary N) is 4. The summed E-state index contributed by atoms with van der Waals surface area (Å²) in [6.07, 6.45) is -0.961. The summed E-state index contributed by atoms with van der Waals surface area (Å²) < 4.78 is 46.1. The van der Waals surface area contributed by atoms with Crippen LogP contribution in [0.25, 0.3) is 0 Å². The Morgan fingerprint density at radius 3 is 1.36 bits per heavy atom. The van der Waals surface area contributed by atoms with Gasteiger partial charge >= 0.3 is 18.2 Å². The van der Waals surface area contributed by atoms with Crippen molar-refractivity contribution >= 4 is 75.1 Å². The maximum absolute atomic E-state index is 17.0. The number of likely N-dealkylation sites (tertiary alicyclic amines) is 1. The maximum atomic E-state index is 17.0. The van der Waals surface area contributed by atoms with Gasteiger partial charge in [0.25, 0.3) is 16.6 Å². The molecular weight excluding hydrogens is 1440 g/mol. The summed E-state index contributed by atoms with van der Waals surface area (Å²) in [6.45, 7) is 53.5. The number of ether oxygens (including phenoxy) is 3. The lowest BCUT2D eigenvalue weighted by Gasteiger charge is -2.47. The Kier molecular flexibility index (Phi) is 34.1. The second-order valence-corrected chi connectivity index (χ2v) is 56.2. The van der Waals surface area contributed by atoms with E-state index in [2.05, 4.69) is 182 Å². The van der Waals surface area contributed by atoms with Crippen molar-refractivity contribution in [2.45, 2.75) is 334 Å². The Bertz CT molecular complexity index is 3470. The average Bonchev–Trinajstić information content (AvgIpc) is 1.63. The van der Waals surface area contributed by atoms with Crippen molar-refractivity contribution in [3.63, 3.8) is 0 Å². The number of carbonyl (C=O) groups excluding carboxylic acids is 6. The molecule has 5 amide bonds. The fourth-order valence-corrected chi connectivity index (χ4v) is 41.0. The number of amides is 5. The second-order valence-electron chi connectivity index (χ2n) is 34.7. The fraction of sp³-hybridized carbons (Fsp3) is 0.640. The van der Waals surface area contributed by atoms with E-state index >= 15 is 14.4 Å². The van der Waals surface area contributed by atoms with Gasteiger partial charge in [0.2, 0.25) is 40.3 Å². The minimum Gasteiger partial charge on any atom is -0.543 e. The molecule has 4 aromatic carbocycles. The summed E-state index contributed by atoms with van der Waals surface area (Å²) in [5.41, 5.74) is 6.21. The third-order valence-electron chi connectivity index (χ3n) is 24.2. The van der Waals surface area contributed by atoms with Crippen LogP contribution < -0.4 is 24.8 Å². The van der Waals surface area contributed by atoms with Crippen LogP contribution in [0.5, 0.6) is 11.5 Å². The zero-order valence-corrected chi connectivity index (χ0v) is 74.8. The molecule has 1 aliphatic heterocycles. The number of fused-ring (bicyclic) bond motifs is 1. The van der Waals surface area contributed by atoms with Gasteiger partial charge < -0.3 is 47.4 Å². The van der Waals surface area contributed by atoms with Crippen molar-refractivity contribution in [2.24, 2.45) is 5.92 Å². The molecule has 109 heavy (non-hydrogen) atoms. The topological polar surface area (TPSA) is 233 Å². The molecule has 6 rings (SSSR count). The van der Waals surface area contributed by atoms with Crippen LogP contribution in [0.1, 0.15) is 227 Å². The maximum Gasteiger partial charge on any atom is 0.416 e. The number of hydrogen-bond acceptors (Lipinski definition) is 14. The molecule has 2 aliphatic rings. The molecular formula is C86H138N6O13Si4. The second kappa shape index (κ2) is 40.7. The van der Waals surface area contributed by atoms with E-state index in [-0.39, 0.29) is 97.1 Å². The van der Waals surface area contributed by atoms with E-state index < -0.39 is 105 Å². The molecule has 2 fully saturated rings. The van der Waals surface area contributed by atoms with Gasteiger partial charge in [-0.1, -0.05) is 251 Å². The smallest absolute Gasteiger partial charge is 0.416 e. The van der Waals surface area contributed by atoms with Gasteiger partial charge in [-0.25, -0.2) is 19.3 Å². The molecule has 4 aromatic rings. The van der Waals surface area contributed by atoms with Crippen LogP contribution >= 0.6 is 0 Å². The minimum atomic E-state index is -2.86. The molecule has 0 aromatic heterocycles. The van der Waals surface area contributed by atoms with Gasteiger partial charge in [-0.2, -0.15) is 0 Å². The molecule has 1 saturated carbocycles. The van der Waals surface area contributed by atoms with E-state index in [4.69, 9.17) is 37.3 Å². The lowest BCUT2D eigenvalue weighted by Crippen LogP contribution is -2.60. The highest BCUT2D eigenvalue weighted by Gasteiger charge is 2.55. The molecule has 1 heterocycles. The van der Waals surface area contributed by atoms with E-state index in [1.54, 1.807) is 53.4 Å². The first-order chi connectivity index (χ1) is 51.2. The number of alkyl carbamates (subject to hydrolysis) is 1. The largest absolute Gasteiger partial charge is 0.543 e. The monoisotopic (exact) mass is 1570 g/mol. The zero-order chi connectivity index (χ0) is 81.2.